The van der Waals surface area contributed by atoms with Crippen LogP contribution >= 0.6 is 0 Å². The van der Waals surface area contributed by atoms with Crippen molar-refractivity contribution in [2.75, 3.05) is 0 Å². The number of aliphatic imine (C=N–C) groups is 2. The molecule has 0 saturated heterocycles. The lowest BCUT2D eigenvalue weighted by Crippen LogP contribution is -2.20. The van der Waals surface area contributed by atoms with Crippen molar-refractivity contribution in [1.29, 1.82) is 0 Å². The lowest BCUT2D eigenvalue weighted by atomic mass is 9.83. The van der Waals surface area contributed by atoms with Gasteiger partial charge in [0, 0.05) is 11.6 Å². The van der Waals surface area contributed by atoms with Crippen molar-refractivity contribution in [2.24, 2.45) is 9.98 Å². The molecule has 90 valence electrons. The van der Waals surface area contributed by atoms with Crippen molar-refractivity contribution in [3.05, 3.63) is 72.1 Å². The maximum atomic E-state index is 4.46. The van der Waals surface area contributed by atoms with Crippen LogP contribution < -0.4 is 0 Å². The second-order valence-electron chi connectivity index (χ2n) is 4.37. The maximum Gasteiger partial charge on any atom is 0.0876 e. The van der Waals surface area contributed by atoms with Crippen LogP contribution in [0.4, 0.5) is 0 Å². The summed E-state index contributed by atoms with van der Waals surface area (Å²) in [5, 5.41) is 0. The Kier molecular flexibility index (Phi) is 3.38. The molecule has 0 fully saturated rings. The molecule has 0 radical (unpaired) electrons. The molecule has 2 nitrogen and oxygen atoms in total. The highest BCUT2D eigenvalue weighted by Gasteiger charge is 2.22. The monoisotopic (exact) mass is 236 g/mol. The highest BCUT2D eigenvalue weighted by Crippen LogP contribution is 2.27. The van der Waals surface area contributed by atoms with Crippen molar-refractivity contribution < 1.29 is 0 Å². The second kappa shape index (κ2) is 4.96. The summed E-state index contributed by atoms with van der Waals surface area (Å²) in [6, 6.07) is 10.3. The van der Waals surface area contributed by atoms with Crippen LogP contribution in [0.15, 0.2) is 76.5 Å². The average Bonchev–Trinajstić information content (AvgIpc) is 2.59. The van der Waals surface area contributed by atoms with Crippen LogP contribution in [0.2, 0.25) is 0 Å². The van der Waals surface area contributed by atoms with Crippen molar-refractivity contribution in [2.45, 2.75) is 12.3 Å². The van der Waals surface area contributed by atoms with Gasteiger partial charge in [0.15, 0.2) is 0 Å². The van der Waals surface area contributed by atoms with Gasteiger partial charge >= 0.3 is 0 Å². The second-order valence-corrected chi connectivity index (χ2v) is 4.37. The molecule has 1 unspecified atom stereocenters. The minimum Gasteiger partial charge on any atom is -0.262 e. The Morgan fingerprint density at radius 1 is 1.28 bits per heavy atom. The van der Waals surface area contributed by atoms with E-state index in [4.69, 9.17) is 0 Å². The quantitative estimate of drug-likeness (QED) is 0.715. The van der Waals surface area contributed by atoms with Crippen LogP contribution in [-0.2, 0) is 5.41 Å². The van der Waals surface area contributed by atoms with E-state index in [0.717, 1.165) is 11.4 Å². The van der Waals surface area contributed by atoms with Crippen LogP contribution in [0, 0.1) is 0 Å². The van der Waals surface area contributed by atoms with E-state index in [1.165, 1.54) is 5.56 Å². The molecule has 2 rings (SSSR count). The van der Waals surface area contributed by atoms with E-state index in [2.05, 4.69) is 48.4 Å². The van der Waals surface area contributed by atoms with Gasteiger partial charge < -0.3 is 0 Å². The molecule has 0 aliphatic carbocycles. The first-order valence-corrected chi connectivity index (χ1v) is 5.83. The third kappa shape index (κ3) is 2.23. The fourth-order valence-electron chi connectivity index (χ4n) is 1.91. The minimum absolute atomic E-state index is 0.234. The smallest absolute Gasteiger partial charge is 0.0876 e. The van der Waals surface area contributed by atoms with Crippen LogP contribution in [0.1, 0.15) is 12.5 Å². The Hall–Kier alpha value is -2.22. The van der Waals surface area contributed by atoms with Gasteiger partial charge in [0.05, 0.1) is 11.4 Å². The fourth-order valence-corrected chi connectivity index (χ4v) is 1.91. The highest BCUT2D eigenvalue weighted by molar-refractivity contribution is 5.78. The SMILES string of the molecule is C=CC1=C(N=C)C=CC(C)(c2ccccc2)C=N1. The Bertz CT molecular complexity index is 520. The van der Waals surface area contributed by atoms with Gasteiger partial charge in [0.1, 0.15) is 0 Å². The van der Waals surface area contributed by atoms with Gasteiger partial charge in [-0.1, -0.05) is 43.0 Å². The number of benzene rings is 1. The van der Waals surface area contributed by atoms with Crippen molar-refractivity contribution >= 4 is 12.9 Å². The Balaban J connectivity index is 2.47. The first kappa shape index (κ1) is 12.2. The summed E-state index contributed by atoms with van der Waals surface area (Å²) in [5.41, 5.74) is 2.46. The van der Waals surface area contributed by atoms with Gasteiger partial charge in [-0.2, -0.15) is 0 Å². The lowest BCUT2D eigenvalue weighted by Gasteiger charge is -2.20. The predicted molar refractivity (Wildman–Crippen MR) is 78.2 cm³/mol. The van der Waals surface area contributed by atoms with Crippen molar-refractivity contribution in [1.82, 2.24) is 0 Å². The van der Waals surface area contributed by atoms with E-state index in [9.17, 15) is 0 Å². The third-order valence-electron chi connectivity index (χ3n) is 3.08. The summed E-state index contributed by atoms with van der Waals surface area (Å²) in [7, 11) is 0. The molecule has 0 aromatic heterocycles. The van der Waals surface area contributed by atoms with Gasteiger partial charge in [-0.15, -0.1) is 0 Å². The molecule has 1 aliphatic rings. The van der Waals surface area contributed by atoms with Crippen LogP contribution in [0.5, 0.6) is 0 Å². The predicted octanol–water partition coefficient (Wildman–Crippen LogP) is 3.68. The number of hydrogen-bond donors (Lipinski definition) is 0. The summed E-state index contributed by atoms with van der Waals surface area (Å²) in [6.45, 7) is 9.44. The van der Waals surface area contributed by atoms with Gasteiger partial charge in [-0.05, 0) is 31.4 Å². The van der Waals surface area contributed by atoms with Gasteiger partial charge in [0.2, 0.25) is 0 Å². The highest BCUT2D eigenvalue weighted by atomic mass is 14.8. The maximum absolute atomic E-state index is 4.46. The molecule has 0 saturated carbocycles. The summed E-state index contributed by atoms with van der Waals surface area (Å²) in [5.74, 6) is 0. The zero-order valence-corrected chi connectivity index (χ0v) is 10.5. The van der Waals surface area contributed by atoms with Gasteiger partial charge in [-0.3, -0.25) is 9.98 Å². The number of hydrogen-bond acceptors (Lipinski definition) is 2. The molecule has 0 spiro atoms. The average molecular weight is 236 g/mol. The summed E-state index contributed by atoms with van der Waals surface area (Å²) >= 11 is 0. The summed E-state index contributed by atoms with van der Waals surface area (Å²) in [6.07, 6.45) is 7.66. The molecule has 1 aromatic carbocycles. The topological polar surface area (TPSA) is 24.7 Å². The number of nitrogens with zero attached hydrogens (tertiary/aromatic N) is 2. The Labute approximate surface area is 108 Å². The number of allylic oxidation sites excluding steroid dienone is 3. The molecule has 18 heavy (non-hydrogen) atoms. The zero-order valence-electron chi connectivity index (χ0n) is 10.5. The van der Waals surface area contributed by atoms with Crippen molar-refractivity contribution in [3.63, 3.8) is 0 Å². The van der Waals surface area contributed by atoms with E-state index >= 15 is 0 Å². The lowest BCUT2D eigenvalue weighted by molar-refractivity contribution is 0.829. The summed E-state index contributed by atoms with van der Waals surface area (Å²) in [4.78, 5) is 8.44. The van der Waals surface area contributed by atoms with E-state index < -0.39 is 0 Å². The van der Waals surface area contributed by atoms with Crippen LogP contribution in [0.25, 0.3) is 0 Å². The molecule has 1 aliphatic heterocycles. The van der Waals surface area contributed by atoms with E-state index in [-0.39, 0.29) is 5.41 Å². The molecule has 0 bridgehead atoms. The van der Waals surface area contributed by atoms with Crippen LogP contribution in [0.3, 0.4) is 0 Å². The van der Waals surface area contributed by atoms with Gasteiger partial charge in [-0.25, -0.2) is 0 Å². The zero-order chi connectivity index (χ0) is 13.0. The Morgan fingerprint density at radius 2 is 2.00 bits per heavy atom. The number of rotatable bonds is 3. The van der Waals surface area contributed by atoms with Crippen LogP contribution in [-0.4, -0.2) is 12.9 Å². The molecule has 2 heteroatoms. The largest absolute Gasteiger partial charge is 0.262 e. The van der Waals surface area contributed by atoms with E-state index in [1.807, 2.05) is 30.5 Å². The molecule has 0 N–H and O–H groups in total. The summed E-state index contributed by atoms with van der Waals surface area (Å²) < 4.78 is 0. The van der Waals surface area contributed by atoms with E-state index in [0.29, 0.717) is 0 Å². The van der Waals surface area contributed by atoms with Gasteiger partial charge in [0.25, 0.3) is 0 Å². The fraction of sp³-hybridized carbons (Fsp3) is 0.125. The third-order valence-corrected chi connectivity index (χ3v) is 3.08. The standard InChI is InChI=1S/C16H16N2/c1-4-14-15(17-3)10-11-16(2,12-18-14)13-8-6-5-7-9-13/h4-12H,1,3H2,2H3. The van der Waals surface area contributed by atoms with Crippen molar-refractivity contribution in [3.8, 4) is 0 Å². The molecule has 1 heterocycles. The first-order valence-electron chi connectivity index (χ1n) is 5.83. The molecule has 0 amide bonds. The first-order chi connectivity index (χ1) is 8.69. The van der Waals surface area contributed by atoms with E-state index in [1.54, 1.807) is 6.08 Å². The molecular weight excluding hydrogens is 220 g/mol. The molecular formula is C16H16N2. The Morgan fingerprint density at radius 3 is 2.61 bits per heavy atom. The minimum atomic E-state index is -0.234. The molecule has 1 atom stereocenters. The molecule has 1 aromatic rings. The normalized spacial score (nSPS) is 22.7.